The molecule has 10 rings (SSSR count). The zero-order chi connectivity index (χ0) is 68.1. The first-order chi connectivity index (χ1) is 40.8. The Morgan fingerprint density at radius 2 is 0.289 bits per heavy atom. The lowest BCUT2D eigenvalue weighted by Crippen LogP contribution is -2.54. The van der Waals surface area contributed by atoms with Gasteiger partial charge in [0.1, 0.15) is 17.5 Å². The maximum Gasteiger partial charge on any atom is 0.411 e. The molecule has 7 aromatic carbocycles. The van der Waals surface area contributed by atoms with Gasteiger partial charge in [0.25, 0.3) is 0 Å². The Kier molecular flexibility index (Phi) is 13.5. The molecule has 0 unspecified atom stereocenters. The third-order valence-electron chi connectivity index (χ3n) is 15.1. The second-order valence-corrected chi connectivity index (χ2v) is 19.3. The van der Waals surface area contributed by atoms with Crippen LogP contribution in [0, 0.1) is 122 Å². The molecule has 0 bridgehead atoms. The van der Waals surface area contributed by atoms with Crippen molar-refractivity contribution >= 4 is 0 Å². The van der Waals surface area contributed by atoms with Crippen LogP contribution in [-0.2, 0) is 16.2 Å². The number of hydrogen-bond donors (Lipinski definition) is 0. The van der Waals surface area contributed by atoms with Gasteiger partial charge >= 0.3 is 37.1 Å². The van der Waals surface area contributed by atoms with Crippen LogP contribution in [0.3, 0.4) is 0 Å². The molecule has 480 valence electrons. The van der Waals surface area contributed by atoms with Crippen molar-refractivity contribution in [3.63, 3.8) is 0 Å². The van der Waals surface area contributed by atoms with Gasteiger partial charge in [-0.15, -0.1) is 0 Å². The first kappa shape index (κ1) is 64.8. The minimum atomic E-state index is -7.80. The number of fused-ring (bicyclic) bond motifs is 9. The molecule has 0 N–H and O–H groups in total. The van der Waals surface area contributed by atoms with E-state index in [1.54, 1.807) is 0 Å². The van der Waals surface area contributed by atoms with Crippen LogP contribution in [0.15, 0.2) is 18.2 Å². The Balaban J connectivity index is 1.46. The van der Waals surface area contributed by atoms with Gasteiger partial charge in [-0.05, 0) is 34.9 Å². The molecule has 0 aromatic heterocycles. The fourth-order valence-corrected chi connectivity index (χ4v) is 11.8. The van der Waals surface area contributed by atoms with Gasteiger partial charge in [0.2, 0.25) is 16.2 Å². The van der Waals surface area contributed by atoms with Gasteiger partial charge < -0.3 is 0 Å². The molecule has 0 heterocycles. The highest BCUT2D eigenvalue weighted by atomic mass is 19.4. The Labute approximate surface area is 464 Å². The summed E-state index contributed by atoms with van der Waals surface area (Å²) in [6.07, 6.45) is -46.5. The van der Waals surface area contributed by atoms with E-state index in [1.165, 1.54) is 0 Å². The predicted octanol–water partition coefficient (Wildman–Crippen LogP) is 19.8. The predicted molar refractivity (Wildman–Crippen MR) is 217 cm³/mol. The summed E-state index contributed by atoms with van der Waals surface area (Å²) in [7, 11) is 0. The average molecular weight is 1360 g/mol. The maximum atomic E-state index is 17.4. The summed E-state index contributed by atoms with van der Waals surface area (Å²) < 4.78 is 607. The molecule has 90 heavy (non-hydrogen) atoms. The van der Waals surface area contributed by atoms with Gasteiger partial charge in [0, 0.05) is 66.8 Å². The fourth-order valence-electron chi connectivity index (χ4n) is 11.8. The zero-order valence-corrected chi connectivity index (χ0v) is 40.5. The van der Waals surface area contributed by atoms with Crippen molar-refractivity contribution in [2.24, 2.45) is 0 Å². The molecule has 39 heteroatoms. The minimum absolute atomic E-state index is 0.997. The molecule has 0 saturated carbocycles. The maximum absolute atomic E-state index is 17.4. The van der Waals surface area contributed by atoms with E-state index in [0.717, 1.165) is 0 Å². The second kappa shape index (κ2) is 18.7. The van der Waals surface area contributed by atoms with Gasteiger partial charge in [0.05, 0.1) is 16.7 Å². The quantitative estimate of drug-likeness (QED) is 0.0940. The Bertz CT molecular complexity index is 4210. The highest BCUT2D eigenvalue weighted by molar-refractivity contribution is 5.94. The summed E-state index contributed by atoms with van der Waals surface area (Å²) >= 11 is 0. The summed E-state index contributed by atoms with van der Waals surface area (Å²) in [4.78, 5) is 0. The van der Waals surface area contributed by atoms with E-state index in [0.29, 0.717) is 0 Å². The first-order valence-electron chi connectivity index (χ1n) is 22.6. The van der Waals surface area contributed by atoms with E-state index in [4.69, 9.17) is 0 Å². The fraction of sp³-hybridized carbons (Fsp3) is 0.176. The van der Waals surface area contributed by atoms with Crippen molar-refractivity contribution in [2.45, 2.75) is 53.3 Å². The zero-order valence-electron chi connectivity index (χ0n) is 40.5. The van der Waals surface area contributed by atoms with Crippen LogP contribution in [0.25, 0.3) is 66.8 Å². The molecule has 0 radical (unpaired) electrons. The number of halogens is 39. The highest BCUT2D eigenvalue weighted by Gasteiger charge is 2.82. The monoisotopic (exact) mass is 1360 g/mol. The van der Waals surface area contributed by atoms with Crippen molar-refractivity contribution in [1.82, 2.24) is 0 Å². The highest BCUT2D eigenvalue weighted by Crippen LogP contribution is 2.71. The van der Waals surface area contributed by atoms with E-state index >= 15 is 145 Å². The minimum Gasteiger partial charge on any atom is -0.206 e. The van der Waals surface area contributed by atoms with Crippen LogP contribution >= 0.6 is 0 Å². The van der Waals surface area contributed by atoms with Crippen molar-refractivity contribution in [1.29, 1.82) is 0 Å². The van der Waals surface area contributed by atoms with E-state index in [2.05, 4.69) is 0 Å². The summed E-state index contributed by atoms with van der Waals surface area (Å²) in [5.74, 6) is -80.2. The largest absolute Gasteiger partial charge is 0.411 e. The standard InChI is InChI=1S/C51H3F39/c52-22-7(26(56)32(62)17-10(22)12-19(34(64)40(70)37(67)29(12)59)44(17,48(79,80)81)49(82,83)84)4-1-5(8-23(53)11-13-20(35(65)41(71)38(68)30(13)60)45(50(85,86)87,51(88,89)90)18(11)33(63)27(8)57)3-6(2-4)9-24(54)16-14(28(58)25(9)55)15-21(36(66)42(72)39(69)31(15)61)43(16,46(73,74)75)47(76,77)78/h1-3H. The smallest absolute Gasteiger partial charge is 0.206 e. The average Bonchev–Trinajstić information content (AvgIpc) is 1.51. The summed E-state index contributed by atoms with van der Waals surface area (Å²) in [5.41, 5.74) is -82.8. The van der Waals surface area contributed by atoms with Crippen LogP contribution in [0.1, 0.15) is 33.4 Å². The van der Waals surface area contributed by atoms with Gasteiger partial charge in [-0.1, -0.05) is 0 Å². The molecule has 0 spiro atoms. The van der Waals surface area contributed by atoms with Crippen LogP contribution in [0.4, 0.5) is 171 Å². The van der Waals surface area contributed by atoms with Crippen molar-refractivity contribution in [2.75, 3.05) is 0 Å². The number of rotatable bonds is 3. The molecule has 0 saturated heterocycles. The molecular formula is C51H3F39. The number of alkyl halides is 18. The van der Waals surface area contributed by atoms with E-state index in [1.807, 2.05) is 0 Å². The lowest BCUT2D eigenvalue weighted by molar-refractivity contribution is -0.290. The Morgan fingerprint density at radius 3 is 0.500 bits per heavy atom. The van der Waals surface area contributed by atoms with Crippen molar-refractivity contribution < 1.29 is 171 Å². The van der Waals surface area contributed by atoms with E-state index < -0.39 is 294 Å². The topological polar surface area (TPSA) is 0 Å². The molecule has 0 amide bonds. The van der Waals surface area contributed by atoms with Crippen molar-refractivity contribution in [3.05, 3.63) is 174 Å². The van der Waals surface area contributed by atoms with E-state index in [-0.39, 0.29) is 0 Å². The first-order valence-corrected chi connectivity index (χ1v) is 22.6. The summed E-state index contributed by atoms with van der Waals surface area (Å²) in [6, 6.07) is -3.06. The van der Waals surface area contributed by atoms with Crippen LogP contribution in [-0.4, -0.2) is 37.1 Å². The molecule has 7 aromatic rings. The van der Waals surface area contributed by atoms with Crippen LogP contribution in [0.5, 0.6) is 0 Å². The van der Waals surface area contributed by atoms with Crippen LogP contribution < -0.4 is 0 Å². The van der Waals surface area contributed by atoms with Gasteiger partial charge in [-0.25, -0.2) is 92.2 Å². The molecule has 0 atom stereocenters. The molecule has 0 aliphatic heterocycles. The lowest BCUT2D eigenvalue weighted by atomic mass is 9.74. The normalized spacial score (nSPS) is 15.8. The molecular weight excluding hydrogens is 1350 g/mol. The third-order valence-corrected chi connectivity index (χ3v) is 15.1. The Morgan fingerprint density at radius 1 is 0.156 bits per heavy atom. The number of hydrogen-bond acceptors (Lipinski definition) is 0. The van der Waals surface area contributed by atoms with Crippen LogP contribution in [0.2, 0.25) is 0 Å². The Hall–Kier alpha value is -8.19. The van der Waals surface area contributed by atoms with E-state index in [9.17, 15) is 26.3 Å². The van der Waals surface area contributed by atoms with Gasteiger partial charge in [0.15, 0.2) is 105 Å². The summed E-state index contributed by atoms with van der Waals surface area (Å²) in [5, 5.41) is 0. The molecule has 3 aliphatic rings. The summed E-state index contributed by atoms with van der Waals surface area (Å²) in [6.45, 7) is 0. The van der Waals surface area contributed by atoms with Gasteiger partial charge in [-0.2, -0.15) is 79.0 Å². The molecule has 3 aliphatic carbocycles. The SMILES string of the molecule is Fc1c(F)c(F)c2c(c1F)-c1c(F)c(-c3cc(-c4c(F)c(F)c5c(c4F)-c4c(F)c(F)c(F)c(F)c4C5(C(F)(F)F)C(F)(F)F)cc(-c4c(F)c(F)c5c(c4F)C(C(F)(F)F)(C(F)(F)F)c4c(F)c(F)c(F)c(F)c4-5)c3)c(F)c(F)c1C2(C(F)(F)F)C(F)(F)F. The lowest BCUT2D eigenvalue weighted by Gasteiger charge is -2.36. The van der Waals surface area contributed by atoms with Gasteiger partial charge in [-0.3, -0.25) is 0 Å². The molecule has 0 nitrogen and oxygen atoms in total. The van der Waals surface area contributed by atoms with Crippen molar-refractivity contribution in [3.8, 4) is 66.8 Å². The second-order valence-electron chi connectivity index (χ2n) is 19.3. The molecule has 0 fully saturated rings. The third kappa shape index (κ3) is 7.23. The number of benzene rings is 7.